The number of imide groups is 2. The number of rotatable bonds is 10. The van der Waals surface area contributed by atoms with Crippen molar-refractivity contribution in [2.45, 2.75) is 65.3 Å². The standard InChI is InChI=1S/C37H33ClN10O6S/c1-18-19(2)55-37-30(18)32(21-7-9-22(38)10-8-21)40-25(33-44-42-20(3)47(33)37)15-29(50)39-13-14-46-16-23(43-45-46)17-54-27-6-4-5-24-31(27)36(53)48(35(24)52)26-11-12-28(49)41-34(26)51/h4-10,16,25-26H,11-15,17H2,1-3H3,(H,39,50)(H,41,49,51). The lowest BCUT2D eigenvalue weighted by atomic mass is 9.99. The van der Waals surface area contributed by atoms with Gasteiger partial charge >= 0.3 is 0 Å². The molecular weight excluding hydrogens is 748 g/mol. The average molecular weight is 781 g/mol. The third-order valence-corrected chi connectivity index (χ3v) is 11.2. The smallest absolute Gasteiger partial charge is 0.266 e. The molecule has 2 N–H and O–H groups in total. The molecule has 2 unspecified atom stereocenters. The third-order valence-electron chi connectivity index (χ3n) is 9.79. The van der Waals surface area contributed by atoms with Crippen LogP contribution in [0.5, 0.6) is 5.75 Å². The van der Waals surface area contributed by atoms with Crippen LogP contribution in [-0.2, 0) is 27.5 Å². The summed E-state index contributed by atoms with van der Waals surface area (Å²) in [4.78, 5) is 71.2. The Bertz CT molecular complexity index is 2450. The summed E-state index contributed by atoms with van der Waals surface area (Å²) in [5, 5.41) is 23.8. The first kappa shape index (κ1) is 35.9. The summed E-state index contributed by atoms with van der Waals surface area (Å²) in [5.41, 5.74) is 4.32. The summed E-state index contributed by atoms with van der Waals surface area (Å²) in [6, 6.07) is 10.4. The maximum atomic E-state index is 13.4. The van der Waals surface area contributed by atoms with Crippen molar-refractivity contribution in [2.24, 2.45) is 4.99 Å². The lowest BCUT2D eigenvalue weighted by molar-refractivity contribution is -0.136. The van der Waals surface area contributed by atoms with Gasteiger partial charge in [-0.3, -0.25) is 48.4 Å². The molecule has 0 aliphatic carbocycles. The zero-order chi connectivity index (χ0) is 38.5. The van der Waals surface area contributed by atoms with E-state index in [0.717, 1.165) is 37.2 Å². The number of aryl methyl sites for hydroxylation is 2. The summed E-state index contributed by atoms with van der Waals surface area (Å²) >= 11 is 7.86. The number of benzene rings is 2. The van der Waals surface area contributed by atoms with E-state index in [2.05, 4.69) is 45.0 Å². The maximum Gasteiger partial charge on any atom is 0.266 e. The van der Waals surface area contributed by atoms with Gasteiger partial charge in [0, 0.05) is 34.0 Å². The fraction of sp³-hybridized carbons (Fsp3) is 0.297. The zero-order valence-electron chi connectivity index (χ0n) is 29.8. The largest absolute Gasteiger partial charge is 0.486 e. The minimum atomic E-state index is -1.09. The number of piperidine rings is 1. The van der Waals surface area contributed by atoms with Crippen molar-refractivity contribution in [2.75, 3.05) is 6.54 Å². The molecule has 55 heavy (non-hydrogen) atoms. The first-order valence-electron chi connectivity index (χ1n) is 17.5. The van der Waals surface area contributed by atoms with Crippen LogP contribution < -0.4 is 15.4 Å². The second kappa shape index (κ2) is 14.3. The Morgan fingerprint density at radius 1 is 1.02 bits per heavy atom. The number of ether oxygens (including phenoxy) is 1. The second-order valence-corrected chi connectivity index (χ2v) is 15.0. The first-order chi connectivity index (χ1) is 26.5. The molecule has 8 rings (SSSR count). The number of hydrogen-bond donors (Lipinski definition) is 2. The number of nitrogens with one attached hydrogen (secondary N) is 2. The van der Waals surface area contributed by atoms with E-state index in [1.165, 1.54) is 6.07 Å². The van der Waals surface area contributed by atoms with Gasteiger partial charge in [-0.25, -0.2) is 0 Å². The Balaban J connectivity index is 0.916. The number of fused-ring (bicyclic) bond motifs is 4. The van der Waals surface area contributed by atoms with Crippen LogP contribution in [0.25, 0.3) is 5.00 Å². The molecule has 5 aromatic rings. The van der Waals surface area contributed by atoms with Crippen LogP contribution in [0.1, 0.15) is 84.9 Å². The van der Waals surface area contributed by atoms with Crippen LogP contribution in [0.15, 0.2) is 53.7 Å². The lowest BCUT2D eigenvalue weighted by Crippen LogP contribution is -2.54. The van der Waals surface area contributed by atoms with Gasteiger partial charge in [0.2, 0.25) is 17.7 Å². The quantitative estimate of drug-likeness (QED) is 0.198. The molecule has 280 valence electrons. The minimum absolute atomic E-state index is 0.0211. The van der Waals surface area contributed by atoms with E-state index >= 15 is 0 Å². The van der Waals surface area contributed by atoms with Crippen LogP contribution in [0.3, 0.4) is 0 Å². The number of halogens is 1. The molecule has 0 bridgehead atoms. The number of nitrogens with zero attached hydrogens (tertiary/aromatic N) is 8. The van der Waals surface area contributed by atoms with Crippen molar-refractivity contribution in [1.82, 2.24) is 45.3 Å². The molecule has 6 heterocycles. The van der Waals surface area contributed by atoms with Crippen LogP contribution in [-0.4, -0.2) is 82.5 Å². The highest BCUT2D eigenvalue weighted by atomic mass is 35.5. The molecule has 5 amide bonds. The fourth-order valence-electron chi connectivity index (χ4n) is 6.96. The minimum Gasteiger partial charge on any atom is -0.486 e. The summed E-state index contributed by atoms with van der Waals surface area (Å²) in [7, 11) is 0. The molecule has 0 saturated carbocycles. The van der Waals surface area contributed by atoms with Gasteiger partial charge in [0.25, 0.3) is 11.8 Å². The van der Waals surface area contributed by atoms with E-state index in [9.17, 15) is 24.0 Å². The molecule has 1 fully saturated rings. The van der Waals surface area contributed by atoms with Crippen molar-refractivity contribution in [1.29, 1.82) is 0 Å². The maximum absolute atomic E-state index is 13.4. The van der Waals surface area contributed by atoms with Crippen molar-refractivity contribution >= 4 is 58.2 Å². The first-order valence-corrected chi connectivity index (χ1v) is 18.7. The van der Waals surface area contributed by atoms with Gasteiger partial charge < -0.3 is 10.1 Å². The van der Waals surface area contributed by atoms with Gasteiger partial charge in [0.1, 0.15) is 41.0 Å². The monoisotopic (exact) mass is 780 g/mol. The second-order valence-electron chi connectivity index (χ2n) is 13.3. The Kier molecular flexibility index (Phi) is 9.34. The summed E-state index contributed by atoms with van der Waals surface area (Å²) in [6.45, 7) is 6.52. The molecule has 16 nitrogen and oxygen atoms in total. The van der Waals surface area contributed by atoms with Gasteiger partial charge in [-0.2, -0.15) is 0 Å². The van der Waals surface area contributed by atoms with Crippen molar-refractivity contribution < 1.29 is 28.7 Å². The Hall–Kier alpha value is -6.07. The van der Waals surface area contributed by atoms with Gasteiger partial charge in [-0.1, -0.05) is 35.0 Å². The molecule has 3 aliphatic rings. The SMILES string of the molecule is Cc1sc2c(c1C)C(c1ccc(Cl)cc1)=NC(CC(=O)NCCn1cc(COc3cccc4c3C(=O)N(C3CCC(=O)NC3=O)C4=O)nn1)c1nnc(C)n1-2. The van der Waals surface area contributed by atoms with Gasteiger partial charge in [0.15, 0.2) is 5.82 Å². The van der Waals surface area contributed by atoms with Crippen molar-refractivity contribution in [3.8, 4) is 10.8 Å². The van der Waals surface area contributed by atoms with Crippen molar-refractivity contribution in [3.63, 3.8) is 0 Å². The third kappa shape index (κ3) is 6.58. The number of aliphatic imine (C=N–C) groups is 1. The van der Waals surface area contributed by atoms with Gasteiger partial charge in [0.05, 0.1) is 36.0 Å². The normalized spacial score (nSPS) is 17.7. The molecule has 3 aliphatic heterocycles. The Morgan fingerprint density at radius 3 is 2.60 bits per heavy atom. The lowest BCUT2D eigenvalue weighted by Gasteiger charge is -2.27. The summed E-state index contributed by atoms with van der Waals surface area (Å²) in [6.07, 6.45) is 1.75. The number of hydrogen-bond acceptors (Lipinski definition) is 12. The summed E-state index contributed by atoms with van der Waals surface area (Å²) in [5.74, 6) is -1.23. The molecule has 0 radical (unpaired) electrons. The molecule has 1 saturated heterocycles. The predicted molar refractivity (Wildman–Crippen MR) is 198 cm³/mol. The Labute approximate surface area is 322 Å². The molecule has 3 aromatic heterocycles. The number of aromatic nitrogens is 6. The van der Waals surface area contributed by atoms with Gasteiger partial charge in [-0.05, 0) is 57.0 Å². The number of carbonyl (C=O) groups excluding carboxylic acids is 5. The van der Waals surface area contributed by atoms with Gasteiger partial charge in [-0.15, -0.1) is 26.6 Å². The van der Waals surface area contributed by atoms with E-state index in [4.69, 9.17) is 21.3 Å². The molecule has 2 aromatic carbocycles. The highest BCUT2D eigenvalue weighted by Gasteiger charge is 2.46. The number of amides is 5. The van der Waals surface area contributed by atoms with E-state index in [1.807, 2.05) is 35.8 Å². The molecule has 2 atom stereocenters. The van der Waals surface area contributed by atoms with Crippen LogP contribution in [0, 0.1) is 20.8 Å². The van der Waals surface area contributed by atoms with Crippen LogP contribution >= 0.6 is 22.9 Å². The number of carbonyl (C=O) groups is 5. The van der Waals surface area contributed by atoms with E-state index in [-0.39, 0.29) is 55.2 Å². The van der Waals surface area contributed by atoms with E-state index in [0.29, 0.717) is 28.9 Å². The molecule has 0 spiro atoms. The van der Waals surface area contributed by atoms with Crippen LogP contribution in [0.4, 0.5) is 0 Å². The highest BCUT2D eigenvalue weighted by Crippen LogP contribution is 2.40. The number of thiophene rings is 1. The van der Waals surface area contributed by atoms with Crippen LogP contribution in [0.2, 0.25) is 5.02 Å². The van der Waals surface area contributed by atoms with Crippen molar-refractivity contribution in [3.05, 3.63) is 104 Å². The zero-order valence-corrected chi connectivity index (χ0v) is 31.4. The molecule has 18 heteroatoms. The summed E-state index contributed by atoms with van der Waals surface area (Å²) < 4.78 is 9.47. The fourth-order valence-corrected chi connectivity index (χ4v) is 8.30. The predicted octanol–water partition coefficient (Wildman–Crippen LogP) is 3.58. The van der Waals surface area contributed by atoms with E-state index in [1.54, 1.807) is 34.3 Å². The molecular formula is C37H33ClN10O6S. The van der Waals surface area contributed by atoms with E-state index < -0.39 is 35.7 Å². The topological polar surface area (TPSA) is 196 Å². The average Bonchev–Trinajstić information content (AvgIpc) is 3.89. The Morgan fingerprint density at radius 2 is 1.82 bits per heavy atom. The highest BCUT2D eigenvalue weighted by molar-refractivity contribution is 7.15.